The first kappa shape index (κ1) is 20.4. The fraction of sp³-hybridized carbons (Fsp3) is 0.560. The highest BCUT2D eigenvalue weighted by atomic mass is 16.2. The topological polar surface area (TPSA) is 52.6 Å². The van der Waals surface area contributed by atoms with Gasteiger partial charge < -0.3 is 9.80 Å². The number of hydrogen-bond donors (Lipinski definition) is 0. The summed E-state index contributed by atoms with van der Waals surface area (Å²) in [5.41, 5.74) is 4.62. The Morgan fingerprint density at radius 1 is 1.03 bits per heavy atom. The monoisotopic (exact) mass is 419 g/mol. The van der Waals surface area contributed by atoms with Crippen LogP contribution in [0.5, 0.6) is 0 Å². The van der Waals surface area contributed by atoms with E-state index < -0.39 is 0 Å². The number of carbonyl (C=O) groups excluding carboxylic acids is 1. The maximum Gasteiger partial charge on any atom is 0.227 e. The molecule has 2 aliphatic heterocycles. The van der Waals surface area contributed by atoms with Crippen LogP contribution in [-0.4, -0.2) is 71.0 Å². The van der Waals surface area contributed by atoms with Crippen LogP contribution in [-0.2, 0) is 24.1 Å². The van der Waals surface area contributed by atoms with Crippen LogP contribution in [0, 0.1) is 6.92 Å². The third kappa shape index (κ3) is 4.45. The summed E-state index contributed by atoms with van der Waals surface area (Å²) in [6, 6.07) is 8.98. The van der Waals surface area contributed by atoms with Crippen molar-refractivity contribution in [3.05, 3.63) is 52.8 Å². The first-order valence-electron chi connectivity index (χ1n) is 11.8. The minimum atomic E-state index is 0.211. The summed E-state index contributed by atoms with van der Waals surface area (Å²) in [5, 5.41) is 0. The van der Waals surface area contributed by atoms with Gasteiger partial charge in [0.05, 0.1) is 12.1 Å². The van der Waals surface area contributed by atoms with Crippen LogP contribution in [0.25, 0.3) is 0 Å². The summed E-state index contributed by atoms with van der Waals surface area (Å²) in [6.45, 7) is 7.82. The van der Waals surface area contributed by atoms with Crippen molar-refractivity contribution in [2.75, 3.05) is 44.2 Å². The molecule has 0 unspecified atom stereocenters. The standard InChI is InChI=1S/C25H33N5O/c1-19-5-2-3-6-20(19)17-24(31)29-11-9-21-18-26-25(27-23(21)10-12-29)30-15-13-28(14-16-30)22-7-4-8-22/h2-3,5-6,18,22H,4,7-17H2,1H3. The van der Waals surface area contributed by atoms with Gasteiger partial charge in [-0.2, -0.15) is 0 Å². The molecule has 0 spiro atoms. The normalized spacial score (nSPS) is 20.2. The molecule has 1 aromatic heterocycles. The van der Waals surface area contributed by atoms with Gasteiger partial charge in [0.2, 0.25) is 11.9 Å². The van der Waals surface area contributed by atoms with Crippen molar-refractivity contribution < 1.29 is 4.79 Å². The minimum absolute atomic E-state index is 0.211. The van der Waals surface area contributed by atoms with E-state index in [0.29, 0.717) is 6.42 Å². The van der Waals surface area contributed by atoms with E-state index in [4.69, 9.17) is 9.97 Å². The maximum absolute atomic E-state index is 12.9. The molecule has 0 bridgehead atoms. The minimum Gasteiger partial charge on any atom is -0.342 e. The molecular formula is C25H33N5O. The number of rotatable bonds is 4. The van der Waals surface area contributed by atoms with Gasteiger partial charge in [0.25, 0.3) is 0 Å². The third-order valence-electron chi connectivity index (χ3n) is 7.35. The van der Waals surface area contributed by atoms with E-state index in [-0.39, 0.29) is 5.91 Å². The molecule has 1 aliphatic carbocycles. The lowest BCUT2D eigenvalue weighted by Crippen LogP contribution is -2.52. The summed E-state index contributed by atoms with van der Waals surface area (Å²) in [7, 11) is 0. The Labute approximate surface area is 185 Å². The molecule has 3 heterocycles. The van der Waals surface area contributed by atoms with Crippen molar-refractivity contribution in [1.29, 1.82) is 0 Å². The third-order valence-corrected chi connectivity index (χ3v) is 7.35. The number of carbonyl (C=O) groups is 1. The van der Waals surface area contributed by atoms with Gasteiger partial charge in [-0.25, -0.2) is 9.97 Å². The van der Waals surface area contributed by atoms with Gasteiger partial charge in [-0.1, -0.05) is 30.7 Å². The molecule has 0 radical (unpaired) electrons. The lowest BCUT2D eigenvalue weighted by atomic mass is 9.91. The summed E-state index contributed by atoms with van der Waals surface area (Å²) in [5.74, 6) is 1.08. The highest BCUT2D eigenvalue weighted by molar-refractivity contribution is 5.79. The van der Waals surface area contributed by atoms with Gasteiger partial charge in [0, 0.05) is 57.9 Å². The van der Waals surface area contributed by atoms with E-state index in [1.165, 1.54) is 30.4 Å². The quantitative estimate of drug-likeness (QED) is 0.763. The molecular weight excluding hydrogens is 386 g/mol. The van der Waals surface area contributed by atoms with Gasteiger partial charge in [0.15, 0.2) is 0 Å². The van der Waals surface area contributed by atoms with E-state index >= 15 is 0 Å². The van der Waals surface area contributed by atoms with Gasteiger partial charge in [-0.05, 0) is 42.9 Å². The van der Waals surface area contributed by atoms with Crippen LogP contribution in [0.2, 0.25) is 0 Å². The smallest absolute Gasteiger partial charge is 0.227 e. The van der Waals surface area contributed by atoms with Crippen LogP contribution in [0.4, 0.5) is 5.95 Å². The van der Waals surface area contributed by atoms with Crippen molar-refractivity contribution in [3.8, 4) is 0 Å². The fourth-order valence-electron chi connectivity index (χ4n) is 4.99. The average molecular weight is 420 g/mol. The Bertz CT molecular complexity index is 933. The Morgan fingerprint density at radius 3 is 2.55 bits per heavy atom. The molecule has 5 rings (SSSR count). The lowest BCUT2D eigenvalue weighted by Gasteiger charge is -2.43. The zero-order valence-corrected chi connectivity index (χ0v) is 18.6. The summed E-state index contributed by atoms with van der Waals surface area (Å²) >= 11 is 0. The number of hydrogen-bond acceptors (Lipinski definition) is 5. The molecule has 1 amide bonds. The molecule has 6 heteroatoms. The highest BCUT2D eigenvalue weighted by Gasteiger charge is 2.29. The zero-order valence-electron chi connectivity index (χ0n) is 18.6. The molecule has 2 aromatic rings. The number of benzene rings is 1. The second-order valence-electron chi connectivity index (χ2n) is 9.23. The molecule has 164 valence electrons. The van der Waals surface area contributed by atoms with Crippen LogP contribution in [0.3, 0.4) is 0 Å². The van der Waals surface area contributed by atoms with Crippen molar-refractivity contribution in [2.45, 2.75) is 51.5 Å². The van der Waals surface area contributed by atoms with Crippen LogP contribution < -0.4 is 4.90 Å². The van der Waals surface area contributed by atoms with Crippen molar-refractivity contribution in [3.63, 3.8) is 0 Å². The molecule has 0 atom stereocenters. The van der Waals surface area contributed by atoms with E-state index in [1.807, 2.05) is 23.2 Å². The van der Waals surface area contributed by atoms with Crippen LogP contribution in [0.1, 0.15) is 41.6 Å². The SMILES string of the molecule is Cc1ccccc1CC(=O)N1CCc2cnc(N3CCN(C4CCC4)CC3)nc2CC1. The van der Waals surface area contributed by atoms with Crippen molar-refractivity contribution >= 4 is 11.9 Å². The van der Waals surface area contributed by atoms with Gasteiger partial charge in [-0.15, -0.1) is 0 Å². The first-order valence-corrected chi connectivity index (χ1v) is 11.8. The largest absolute Gasteiger partial charge is 0.342 e. The van der Waals surface area contributed by atoms with Crippen molar-refractivity contribution in [1.82, 2.24) is 19.8 Å². The number of aryl methyl sites for hydroxylation is 1. The zero-order chi connectivity index (χ0) is 21.2. The number of fused-ring (bicyclic) bond motifs is 1. The summed E-state index contributed by atoms with van der Waals surface area (Å²) < 4.78 is 0. The Hall–Kier alpha value is -2.47. The summed E-state index contributed by atoms with van der Waals surface area (Å²) in [4.78, 5) is 29.6. The highest BCUT2D eigenvalue weighted by Crippen LogP contribution is 2.26. The van der Waals surface area contributed by atoms with Crippen LogP contribution in [0.15, 0.2) is 30.5 Å². The second kappa shape index (κ2) is 8.95. The van der Waals surface area contributed by atoms with Crippen molar-refractivity contribution in [2.24, 2.45) is 0 Å². The predicted octanol–water partition coefficient (Wildman–Crippen LogP) is 2.63. The molecule has 1 aromatic carbocycles. The number of anilines is 1. The Morgan fingerprint density at radius 2 is 1.81 bits per heavy atom. The first-order chi connectivity index (χ1) is 15.2. The molecule has 3 aliphatic rings. The summed E-state index contributed by atoms with van der Waals surface area (Å²) in [6.07, 6.45) is 8.26. The van der Waals surface area contributed by atoms with E-state index in [9.17, 15) is 4.79 Å². The average Bonchev–Trinajstić information content (AvgIpc) is 2.97. The molecule has 31 heavy (non-hydrogen) atoms. The van der Waals surface area contributed by atoms with Gasteiger partial charge in [0.1, 0.15) is 0 Å². The number of nitrogens with zero attached hydrogens (tertiary/aromatic N) is 5. The maximum atomic E-state index is 12.9. The fourth-order valence-corrected chi connectivity index (χ4v) is 4.99. The Balaban J connectivity index is 1.20. The molecule has 1 saturated heterocycles. The number of amides is 1. The van der Waals surface area contributed by atoms with E-state index in [2.05, 4.69) is 28.9 Å². The van der Waals surface area contributed by atoms with Gasteiger partial charge >= 0.3 is 0 Å². The van der Waals surface area contributed by atoms with E-state index in [0.717, 1.165) is 75.4 Å². The van der Waals surface area contributed by atoms with Crippen LogP contribution >= 0.6 is 0 Å². The van der Waals surface area contributed by atoms with Gasteiger partial charge in [-0.3, -0.25) is 9.69 Å². The number of aromatic nitrogens is 2. The van der Waals surface area contributed by atoms with E-state index in [1.54, 1.807) is 0 Å². The molecule has 6 nitrogen and oxygen atoms in total. The number of piperazine rings is 1. The molecule has 2 fully saturated rings. The molecule has 0 N–H and O–H groups in total. The predicted molar refractivity (Wildman–Crippen MR) is 122 cm³/mol. The molecule has 1 saturated carbocycles. The second-order valence-corrected chi connectivity index (χ2v) is 9.23. The lowest BCUT2D eigenvalue weighted by molar-refractivity contribution is -0.130. The Kier molecular flexibility index (Phi) is 5.90.